The van der Waals surface area contributed by atoms with Crippen molar-refractivity contribution in [3.8, 4) is 0 Å². The molecule has 0 saturated carbocycles. The zero-order valence-corrected chi connectivity index (χ0v) is 14.4. The molecule has 1 aliphatic rings. The maximum absolute atomic E-state index is 12.2. The number of ether oxygens (including phenoxy) is 1. The van der Waals surface area contributed by atoms with Crippen LogP contribution in [0.1, 0.15) is 12.0 Å². The summed E-state index contributed by atoms with van der Waals surface area (Å²) in [5.41, 5.74) is 2.23. The minimum absolute atomic E-state index is 0.0264. The first kappa shape index (κ1) is 16.7. The Labute approximate surface area is 142 Å². The summed E-state index contributed by atoms with van der Waals surface area (Å²) >= 11 is 0. The van der Waals surface area contributed by atoms with E-state index in [1.165, 1.54) is 5.52 Å². The molecule has 0 aliphatic carbocycles. The lowest BCUT2D eigenvalue weighted by atomic mass is 10.1. The van der Waals surface area contributed by atoms with E-state index in [1.54, 1.807) is 13.2 Å². The first-order valence-corrected chi connectivity index (χ1v) is 8.41. The Morgan fingerprint density at radius 2 is 2.25 bits per heavy atom. The van der Waals surface area contributed by atoms with Crippen LogP contribution in [0.3, 0.4) is 0 Å². The van der Waals surface area contributed by atoms with Gasteiger partial charge in [0.25, 0.3) is 0 Å². The predicted molar refractivity (Wildman–Crippen MR) is 96.8 cm³/mol. The summed E-state index contributed by atoms with van der Waals surface area (Å²) in [5, 5.41) is 4.26. The number of nitrogens with zero attached hydrogens (tertiary/aromatic N) is 2. The van der Waals surface area contributed by atoms with Crippen LogP contribution in [0.2, 0.25) is 0 Å². The van der Waals surface area contributed by atoms with Crippen molar-refractivity contribution < 1.29 is 9.53 Å². The third-order valence-electron chi connectivity index (χ3n) is 4.57. The van der Waals surface area contributed by atoms with Crippen LogP contribution >= 0.6 is 0 Å². The summed E-state index contributed by atoms with van der Waals surface area (Å²) in [6, 6.07) is 8.44. The van der Waals surface area contributed by atoms with Crippen molar-refractivity contribution in [3.05, 3.63) is 42.1 Å². The van der Waals surface area contributed by atoms with Crippen molar-refractivity contribution in [1.82, 2.24) is 14.8 Å². The van der Waals surface area contributed by atoms with Gasteiger partial charge in [-0.25, -0.2) is 0 Å². The lowest BCUT2D eigenvalue weighted by Crippen LogP contribution is -2.36. The zero-order valence-electron chi connectivity index (χ0n) is 14.4. The quantitative estimate of drug-likeness (QED) is 0.826. The second-order valence-electron chi connectivity index (χ2n) is 6.33. The van der Waals surface area contributed by atoms with Crippen molar-refractivity contribution in [1.29, 1.82) is 0 Å². The van der Waals surface area contributed by atoms with Crippen molar-refractivity contribution in [3.63, 3.8) is 0 Å². The first-order chi connectivity index (χ1) is 11.7. The van der Waals surface area contributed by atoms with Crippen molar-refractivity contribution in [2.45, 2.75) is 12.5 Å². The van der Waals surface area contributed by atoms with E-state index in [-0.39, 0.29) is 11.9 Å². The number of likely N-dealkylation sites (tertiary alicyclic amines) is 1. The number of rotatable bonds is 6. The van der Waals surface area contributed by atoms with E-state index in [9.17, 15) is 4.79 Å². The molecule has 1 unspecified atom stereocenters. The number of hydrogen-bond acceptors (Lipinski definition) is 3. The van der Waals surface area contributed by atoms with E-state index < -0.39 is 0 Å². The van der Waals surface area contributed by atoms with Gasteiger partial charge in [0.1, 0.15) is 0 Å². The molecule has 1 N–H and O–H groups in total. The van der Waals surface area contributed by atoms with Crippen LogP contribution in [0.15, 0.2) is 36.5 Å². The molecule has 2 aromatic rings. The Bertz CT molecular complexity index is 735. The van der Waals surface area contributed by atoms with E-state index in [4.69, 9.17) is 4.74 Å². The molecule has 0 bridgehead atoms. The van der Waals surface area contributed by atoms with Crippen molar-refractivity contribution >= 4 is 22.9 Å². The van der Waals surface area contributed by atoms with Gasteiger partial charge in [0.05, 0.1) is 6.61 Å². The molecule has 24 heavy (non-hydrogen) atoms. The standard InChI is InChI=1S/C19H25N3O2/c1-21-13-15(17-5-3-4-6-18(17)21)7-8-19(23)20-16-9-10-22(14-16)11-12-24-2/h3-8,13,16H,9-12,14H2,1-2H3,(H,20,23)/b8-7+. The normalized spacial score (nSPS) is 18.7. The van der Waals surface area contributed by atoms with Gasteiger partial charge in [-0.05, 0) is 18.6 Å². The minimum atomic E-state index is -0.0264. The molecule has 1 aliphatic heterocycles. The van der Waals surface area contributed by atoms with Crippen LogP contribution in [0.4, 0.5) is 0 Å². The topological polar surface area (TPSA) is 46.5 Å². The Hall–Kier alpha value is -2.11. The second kappa shape index (κ2) is 7.64. The molecule has 2 heterocycles. The number of nitrogens with one attached hydrogen (secondary N) is 1. The van der Waals surface area contributed by atoms with Crippen LogP contribution < -0.4 is 5.32 Å². The highest BCUT2D eigenvalue weighted by molar-refractivity contribution is 5.96. The molecule has 1 saturated heterocycles. The number of methoxy groups -OCH3 is 1. The minimum Gasteiger partial charge on any atom is -0.383 e. The Balaban J connectivity index is 1.58. The van der Waals surface area contributed by atoms with Gasteiger partial charge in [-0.2, -0.15) is 0 Å². The van der Waals surface area contributed by atoms with Gasteiger partial charge in [-0.1, -0.05) is 18.2 Å². The van der Waals surface area contributed by atoms with Crippen LogP contribution in [-0.4, -0.2) is 54.8 Å². The molecule has 128 valence electrons. The maximum Gasteiger partial charge on any atom is 0.244 e. The molecule has 1 aromatic heterocycles. The molecule has 3 rings (SSSR count). The van der Waals surface area contributed by atoms with Gasteiger partial charge < -0.3 is 14.6 Å². The number of hydrogen-bond donors (Lipinski definition) is 1. The molecule has 0 spiro atoms. The monoisotopic (exact) mass is 327 g/mol. The lowest BCUT2D eigenvalue weighted by Gasteiger charge is -2.15. The van der Waals surface area contributed by atoms with Crippen molar-refractivity contribution in [2.24, 2.45) is 7.05 Å². The number of carbonyl (C=O) groups excluding carboxylic acids is 1. The first-order valence-electron chi connectivity index (χ1n) is 8.41. The van der Waals surface area contributed by atoms with Crippen LogP contribution in [0.25, 0.3) is 17.0 Å². The SMILES string of the molecule is COCCN1CCC(NC(=O)/C=C/c2cn(C)c3ccccc23)C1. The molecule has 1 atom stereocenters. The van der Waals surface area contributed by atoms with Gasteiger partial charge in [-0.15, -0.1) is 0 Å². The van der Waals surface area contributed by atoms with Gasteiger partial charge in [0.2, 0.25) is 5.91 Å². The zero-order chi connectivity index (χ0) is 16.9. The smallest absolute Gasteiger partial charge is 0.244 e. The average molecular weight is 327 g/mol. The Kier molecular flexibility index (Phi) is 5.33. The summed E-state index contributed by atoms with van der Waals surface area (Å²) in [7, 11) is 3.74. The molecule has 1 aromatic carbocycles. The number of amides is 1. The molecule has 5 nitrogen and oxygen atoms in total. The van der Waals surface area contributed by atoms with Gasteiger partial charge in [0, 0.05) is 68.6 Å². The van der Waals surface area contributed by atoms with Gasteiger partial charge >= 0.3 is 0 Å². The summed E-state index contributed by atoms with van der Waals surface area (Å²) < 4.78 is 7.18. The maximum atomic E-state index is 12.2. The fourth-order valence-corrected chi connectivity index (χ4v) is 3.29. The van der Waals surface area contributed by atoms with Crippen LogP contribution in [-0.2, 0) is 16.6 Å². The third-order valence-corrected chi connectivity index (χ3v) is 4.57. The summed E-state index contributed by atoms with van der Waals surface area (Å²) in [5.74, 6) is -0.0264. The highest BCUT2D eigenvalue weighted by atomic mass is 16.5. The average Bonchev–Trinajstić information content (AvgIpc) is 3.16. The van der Waals surface area contributed by atoms with E-state index >= 15 is 0 Å². The number of carbonyl (C=O) groups is 1. The largest absolute Gasteiger partial charge is 0.383 e. The van der Waals surface area contributed by atoms with Gasteiger partial charge in [0.15, 0.2) is 0 Å². The number of benzene rings is 1. The number of para-hydroxylation sites is 1. The van der Waals surface area contributed by atoms with E-state index in [0.717, 1.165) is 43.6 Å². The summed E-state index contributed by atoms with van der Waals surface area (Å²) in [4.78, 5) is 14.5. The molecule has 1 fully saturated rings. The van der Waals surface area contributed by atoms with Crippen LogP contribution in [0, 0.1) is 0 Å². The lowest BCUT2D eigenvalue weighted by molar-refractivity contribution is -0.117. The van der Waals surface area contributed by atoms with E-state index in [1.807, 2.05) is 25.3 Å². The molecule has 1 amide bonds. The van der Waals surface area contributed by atoms with E-state index in [2.05, 4.69) is 33.1 Å². The molecular weight excluding hydrogens is 302 g/mol. The Morgan fingerprint density at radius 3 is 3.08 bits per heavy atom. The molecule has 5 heteroatoms. The number of aromatic nitrogens is 1. The van der Waals surface area contributed by atoms with E-state index in [0.29, 0.717) is 0 Å². The molecular formula is C19H25N3O2. The highest BCUT2D eigenvalue weighted by Gasteiger charge is 2.22. The summed E-state index contributed by atoms with van der Waals surface area (Å²) in [6.45, 7) is 3.58. The molecule has 0 radical (unpaired) electrons. The van der Waals surface area contributed by atoms with Crippen molar-refractivity contribution in [2.75, 3.05) is 33.4 Å². The fraction of sp³-hybridized carbons (Fsp3) is 0.421. The summed E-state index contributed by atoms with van der Waals surface area (Å²) in [6.07, 6.45) is 6.59. The number of aryl methyl sites for hydroxylation is 1. The fourth-order valence-electron chi connectivity index (χ4n) is 3.29. The van der Waals surface area contributed by atoms with Gasteiger partial charge in [-0.3, -0.25) is 9.69 Å². The Morgan fingerprint density at radius 1 is 1.42 bits per heavy atom. The highest BCUT2D eigenvalue weighted by Crippen LogP contribution is 2.21. The predicted octanol–water partition coefficient (Wildman–Crippen LogP) is 2.03. The second-order valence-corrected chi connectivity index (χ2v) is 6.33. The third kappa shape index (κ3) is 3.86. The number of fused-ring (bicyclic) bond motifs is 1. The van der Waals surface area contributed by atoms with Crippen LogP contribution in [0.5, 0.6) is 0 Å².